The van der Waals surface area contributed by atoms with Gasteiger partial charge in [-0.2, -0.15) is 0 Å². The molecule has 0 heterocycles. The minimum atomic E-state index is 0.275. The van der Waals surface area contributed by atoms with Gasteiger partial charge in [0.2, 0.25) is 0 Å². The molecule has 0 radical (unpaired) electrons. The van der Waals surface area contributed by atoms with E-state index in [1.807, 2.05) is 12.1 Å². The summed E-state index contributed by atoms with van der Waals surface area (Å²) in [5.41, 5.74) is 0.672. The Morgan fingerprint density at radius 2 is 2.29 bits per heavy atom. The van der Waals surface area contributed by atoms with E-state index in [9.17, 15) is 4.79 Å². The molecule has 1 aliphatic carbocycles. The van der Waals surface area contributed by atoms with Gasteiger partial charge in [-0.05, 0) is 37.8 Å². The van der Waals surface area contributed by atoms with Gasteiger partial charge in [-0.1, -0.05) is 12.1 Å². The molecule has 1 atom stereocenters. The molecule has 0 bridgehead atoms. The third kappa shape index (κ3) is 2.13. The Hall–Kier alpha value is -1.31. The second kappa shape index (κ2) is 3.82. The first-order valence-corrected chi connectivity index (χ1v) is 5.01. The fourth-order valence-corrected chi connectivity index (χ4v) is 1.54. The molecule has 14 heavy (non-hydrogen) atoms. The molecule has 0 aromatic heterocycles. The normalized spacial score (nSPS) is 17.5. The van der Waals surface area contributed by atoms with Gasteiger partial charge in [0.1, 0.15) is 12.0 Å². The van der Waals surface area contributed by atoms with Gasteiger partial charge in [-0.3, -0.25) is 4.79 Å². The maximum atomic E-state index is 10.5. The summed E-state index contributed by atoms with van der Waals surface area (Å²) in [5.74, 6) is 1.52. The Morgan fingerprint density at radius 3 is 2.93 bits per heavy atom. The number of benzene rings is 1. The van der Waals surface area contributed by atoms with Gasteiger partial charge < -0.3 is 4.74 Å². The van der Waals surface area contributed by atoms with Crippen molar-refractivity contribution < 1.29 is 9.53 Å². The summed E-state index contributed by atoms with van der Waals surface area (Å²) >= 11 is 0. The SMILES string of the molecule is C[C@@H](Oc1cccc(C=O)c1)C1CC1. The Kier molecular flexibility index (Phi) is 2.53. The maximum Gasteiger partial charge on any atom is 0.150 e. The second-order valence-electron chi connectivity index (χ2n) is 3.85. The number of aldehydes is 1. The van der Waals surface area contributed by atoms with Crippen molar-refractivity contribution >= 4 is 6.29 Å². The Labute approximate surface area is 83.9 Å². The summed E-state index contributed by atoms with van der Waals surface area (Å²) < 4.78 is 5.72. The summed E-state index contributed by atoms with van der Waals surface area (Å²) in [5, 5.41) is 0. The van der Waals surface area contributed by atoms with Crippen molar-refractivity contribution in [2.45, 2.75) is 25.9 Å². The average molecular weight is 190 g/mol. The molecule has 0 saturated heterocycles. The molecule has 1 saturated carbocycles. The van der Waals surface area contributed by atoms with Gasteiger partial charge in [0.25, 0.3) is 0 Å². The lowest BCUT2D eigenvalue weighted by Crippen LogP contribution is -2.13. The van der Waals surface area contributed by atoms with Crippen LogP contribution in [-0.4, -0.2) is 12.4 Å². The lowest BCUT2D eigenvalue weighted by Gasteiger charge is -2.13. The minimum Gasteiger partial charge on any atom is -0.490 e. The van der Waals surface area contributed by atoms with E-state index in [0.717, 1.165) is 18.0 Å². The van der Waals surface area contributed by atoms with Crippen LogP contribution in [-0.2, 0) is 0 Å². The van der Waals surface area contributed by atoms with Gasteiger partial charge in [0, 0.05) is 5.56 Å². The predicted molar refractivity (Wildman–Crippen MR) is 54.6 cm³/mol. The van der Waals surface area contributed by atoms with Crippen LogP contribution in [0.5, 0.6) is 5.75 Å². The van der Waals surface area contributed by atoms with E-state index in [2.05, 4.69) is 6.92 Å². The first kappa shape index (κ1) is 9.25. The highest BCUT2D eigenvalue weighted by Crippen LogP contribution is 2.34. The van der Waals surface area contributed by atoms with Gasteiger partial charge in [0.05, 0.1) is 6.10 Å². The quantitative estimate of drug-likeness (QED) is 0.682. The van der Waals surface area contributed by atoms with Crippen molar-refractivity contribution in [3.63, 3.8) is 0 Å². The third-order valence-electron chi connectivity index (χ3n) is 2.60. The molecular weight excluding hydrogens is 176 g/mol. The topological polar surface area (TPSA) is 26.3 Å². The molecule has 1 aliphatic rings. The fourth-order valence-electron chi connectivity index (χ4n) is 1.54. The van der Waals surface area contributed by atoms with E-state index < -0.39 is 0 Å². The molecule has 2 nitrogen and oxygen atoms in total. The smallest absolute Gasteiger partial charge is 0.150 e. The van der Waals surface area contributed by atoms with E-state index in [-0.39, 0.29) is 6.10 Å². The second-order valence-corrected chi connectivity index (χ2v) is 3.85. The molecule has 74 valence electrons. The lowest BCUT2D eigenvalue weighted by molar-refractivity contribution is 0.112. The Balaban J connectivity index is 2.03. The van der Waals surface area contributed by atoms with Crippen LogP contribution in [0.1, 0.15) is 30.1 Å². The largest absolute Gasteiger partial charge is 0.490 e. The molecule has 1 aromatic carbocycles. The van der Waals surface area contributed by atoms with Crippen LogP contribution >= 0.6 is 0 Å². The number of ether oxygens (including phenoxy) is 1. The van der Waals surface area contributed by atoms with Crippen molar-refractivity contribution in [1.82, 2.24) is 0 Å². The predicted octanol–water partition coefficient (Wildman–Crippen LogP) is 2.68. The van der Waals surface area contributed by atoms with Gasteiger partial charge in [0.15, 0.2) is 0 Å². The molecule has 0 amide bonds. The molecule has 1 fully saturated rings. The molecule has 0 spiro atoms. The van der Waals surface area contributed by atoms with Crippen molar-refractivity contribution in [3.05, 3.63) is 29.8 Å². The number of rotatable bonds is 4. The van der Waals surface area contributed by atoms with Crippen molar-refractivity contribution in [2.24, 2.45) is 5.92 Å². The van der Waals surface area contributed by atoms with Crippen molar-refractivity contribution in [3.8, 4) is 5.75 Å². The highest BCUT2D eigenvalue weighted by atomic mass is 16.5. The zero-order valence-electron chi connectivity index (χ0n) is 8.27. The summed E-state index contributed by atoms with van der Waals surface area (Å²) in [4.78, 5) is 10.5. The summed E-state index contributed by atoms with van der Waals surface area (Å²) in [7, 11) is 0. The van der Waals surface area contributed by atoms with Crippen LogP contribution in [0.3, 0.4) is 0 Å². The molecule has 2 heteroatoms. The van der Waals surface area contributed by atoms with Gasteiger partial charge in [-0.15, -0.1) is 0 Å². The molecule has 0 aliphatic heterocycles. The van der Waals surface area contributed by atoms with E-state index in [1.165, 1.54) is 12.8 Å². The summed E-state index contributed by atoms with van der Waals surface area (Å²) in [6.45, 7) is 2.09. The lowest BCUT2D eigenvalue weighted by atomic mass is 10.2. The van der Waals surface area contributed by atoms with Gasteiger partial charge >= 0.3 is 0 Å². The van der Waals surface area contributed by atoms with Crippen molar-refractivity contribution in [2.75, 3.05) is 0 Å². The van der Waals surface area contributed by atoms with E-state index in [1.54, 1.807) is 12.1 Å². The molecule has 0 N–H and O–H groups in total. The molecule has 0 unspecified atom stereocenters. The fraction of sp³-hybridized carbons (Fsp3) is 0.417. The number of carbonyl (C=O) groups is 1. The first-order valence-electron chi connectivity index (χ1n) is 5.01. The highest BCUT2D eigenvalue weighted by Gasteiger charge is 2.29. The van der Waals surface area contributed by atoms with Crippen LogP contribution < -0.4 is 4.74 Å². The Bertz CT molecular complexity index is 329. The highest BCUT2D eigenvalue weighted by molar-refractivity contribution is 5.75. The van der Waals surface area contributed by atoms with Gasteiger partial charge in [-0.25, -0.2) is 0 Å². The minimum absolute atomic E-state index is 0.275. The summed E-state index contributed by atoms with van der Waals surface area (Å²) in [6, 6.07) is 7.30. The van der Waals surface area contributed by atoms with Crippen LogP contribution in [0.4, 0.5) is 0 Å². The van der Waals surface area contributed by atoms with Crippen LogP contribution in [0.2, 0.25) is 0 Å². The van der Waals surface area contributed by atoms with Crippen LogP contribution in [0.25, 0.3) is 0 Å². The molecular formula is C12H14O2. The zero-order chi connectivity index (χ0) is 9.97. The summed E-state index contributed by atoms with van der Waals surface area (Å²) in [6.07, 6.45) is 3.66. The maximum absolute atomic E-state index is 10.5. The standard InChI is InChI=1S/C12H14O2/c1-9(11-5-6-11)14-12-4-2-3-10(7-12)8-13/h2-4,7-9,11H,5-6H2,1H3/t9-/m1/s1. The third-order valence-corrected chi connectivity index (χ3v) is 2.60. The van der Waals surface area contributed by atoms with Crippen molar-refractivity contribution in [1.29, 1.82) is 0 Å². The Morgan fingerprint density at radius 1 is 1.50 bits per heavy atom. The van der Waals surface area contributed by atoms with E-state index in [4.69, 9.17) is 4.74 Å². The number of carbonyl (C=O) groups excluding carboxylic acids is 1. The van der Waals surface area contributed by atoms with E-state index in [0.29, 0.717) is 5.56 Å². The first-order chi connectivity index (χ1) is 6.79. The number of hydrogen-bond acceptors (Lipinski definition) is 2. The average Bonchev–Trinajstić information content (AvgIpc) is 3.01. The van der Waals surface area contributed by atoms with Crippen LogP contribution in [0, 0.1) is 5.92 Å². The number of hydrogen-bond donors (Lipinski definition) is 0. The van der Waals surface area contributed by atoms with E-state index >= 15 is 0 Å². The van der Waals surface area contributed by atoms with Crippen LogP contribution in [0.15, 0.2) is 24.3 Å². The monoisotopic (exact) mass is 190 g/mol. The molecule has 2 rings (SSSR count). The molecule has 1 aromatic rings. The zero-order valence-corrected chi connectivity index (χ0v) is 8.27.